The van der Waals surface area contributed by atoms with E-state index in [0.717, 1.165) is 64.2 Å². The Balaban J connectivity index is 4.43. The number of unbranched alkanes of at least 4 members (excludes halogenated alkanes) is 13. The Kier molecular flexibility index (Phi) is 39.7. The molecule has 0 spiro atoms. The third-order valence-corrected chi connectivity index (χ3v) is 10.7. The zero-order valence-corrected chi connectivity index (χ0v) is 40.1. The minimum absolute atomic E-state index is 0.0518. The highest BCUT2D eigenvalue weighted by molar-refractivity contribution is 7.45. The molecule has 1 N–H and O–H groups in total. The lowest BCUT2D eigenvalue weighted by atomic mass is 10.1. The molecule has 0 fully saturated rings. The summed E-state index contributed by atoms with van der Waals surface area (Å²) in [7, 11) is 1.09. The Labute approximate surface area is 372 Å². The number of hydrogen-bond donors (Lipinski definition) is 1. The van der Waals surface area contributed by atoms with Gasteiger partial charge in [-0.15, -0.1) is 0 Å². The van der Waals surface area contributed by atoms with Crippen LogP contribution in [0.4, 0.5) is 0 Å². The number of carbonyl (C=O) groups is 2. The smallest absolute Gasteiger partial charge is 0.306 e. The van der Waals surface area contributed by atoms with E-state index in [1.54, 1.807) is 0 Å². The topological polar surface area (TPSA) is 131 Å². The van der Waals surface area contributed by atoms with E-state index in [9.17, 15) is 24.2 Å². The van der Waals surface area contributed by atoms with Gasteiger partial charge in [-0.2, -0.15) is 0 Å². The second-order valence-electron chi connectivity index (χ2n) is 16.9. The number of phosphoric ester groups is 1. The molecular formula is C50H88NO9P. The normalized spacial score (nSPS) is 14.7. The molecule has 0 heterocycles. The first-order valence-electron chi connectivity index (χ1n) is 23.7. The van der Waals surface area contributed by atoms with Gasteiger partial charge in [0.1, 0.15) is 19.8 Å². The third kappa shape index (κ3) is 45.3. The van der Waals surface area contributed by atoms with E-state index in [0.29, 0.717) is 36.7 Å². The molecule has 0 aromatic heterocycles. The van der Waals surface area contributed by atoms with E-state index in [-0.39, 0.29) is 32.2 Å². The van der Waals surface area contributed by atoms with Gasteiger partial charge in [0.2, 0.25) is 0 Å². The molecule has 3 atom stereocenters. The van der Waals surface area contributed by atoms with Crippen LogP contribution in [0.25, 0.3) is 0 Å². The van der Waals surface area contributed by atoms with Crippen molar-refractivity contribution < 1.29 is 47.2 Å². The van der Waals surface area contributed by atoms with Gasteiger partial charge < -0.3 is 33.0 Å². The van der Waals surface area contributed by atoms with Crippen LogP contribution < -0.4 is 4.89 Å². The summed E-state index contributed by atoms with van der Waals surface area (Å²) in [6.07, 6.45) is 48.5. The van der Waals surface area contributed by atoms with Crippen molar-refractivity contribution in [3.63, 3.8) is 0 Å². The second kappa shape index (κ2) is 41.4. The average molecular weight is 878 g/mol. The predicted octanol–water partition coefficient (Wildman–Crippen LogP) is 12.1. The molecule has 0 rings (SSSR count). The number of rotatable bonds is 42. The van der Waals surface area contributed by atoms with E-state index in [2.05, 4.69) is 68.5 Å². The number of quaternary nitrogens is 1. The summed E-state index contributed by atoms with van der Waals surface area (Å²) in [5, 5.41) is 9.75. The summed E-state index contributed by atoms with van der Waals surface area (Å²) in [6, 6.07) is 0. The van der Waals surface area contributed by atoms with Crippen LogP contribution in [0.2, 0.25) is 0 Å². The summed E-state index contributed by atoms with van der Waals surface area (Å²) in [5.74, 6) is -0.929. The van der Waals surface area contributed by atoms with Crippen molar-refractivity contribution in [1.82, 2.24) is 0 Å². The molecule has 0 saturated heterocycles. The molecular weight excluding hydrogens is 790 g/mol. The molecule has 11 heteroatoms. The van der Waals surface area contributed by atoms with Crippen LogP contribution in [0.15, 0.2) is 72.9 Å². The monoisotopic (exact) mass is 878 g/mol. The molecule has 10 nitrogen and oxygen atoms in total. The summed E-state index contributed by atoms with van der Waals surface area (Å²) in [4.78, 5) is 37.6. The van der Waals surface area contributed by atoms with Gasteiger partial charge in [-0.3, -0.25) is 14.2 Å². The quantitative estimate of drug-likeness (QED) is 0.0209. The molecule has 2 unspecified atom stereocenters. The van der Waals surface area contributed by atoms with E-state index in [4.69, 9.17) is 18.5 Å². The van der Waals surface area contributed by atoms with E-state index >= 15 is 0 Å². The van der Waals surface area contributed by atoms with Crippen LogP contribution in [-0.2, 0) is 32.7 Å². The summed E-state index contributed by atoms with van der Waals surface area (Å²) in [5.41, 5.74) is 0. The lowest BCUT2D eigenvalue weighted by molar-refractivity contribution is -0.870. The number of esters is 2. The van der Waals surface area contributed by atoms with Crippen molar-refractivity contribution in [3.05, 3.63) is 72.9 Å². The fourth-order valence-electron chi connectivity index (χ4n) is 6.04. The van der Waals surface area contributed by atoms with Crippen molar-refractivity contribution in [2.75, 3.05) is 47.5 Å². The number of phosphoric acid groups is 1. The van der Waals surface area contributed by atoms with Crippen LogP contribution in [0, 0.1) is 0 Å². The molecule has 0 aromatic rings. The van der Waals surface area contributed by atoms with Gasteiger partial charge in [0, 0.05) is 12.8 Å². The van der Waals surface area contributed by atoms with Crippen LogP contribution in [0.1, 0.15) is 174 Å². The number of likely N-dealkylation sites (N-methyl/N-ethyl adjacent to an activating group) is 1. The van der Waals surface area contributed by atoms with Crippen molar-refractivity contribution in [1.29, 1.82) is 0 Å². The third-order valence-electron chi connectivity index (χ3n) is 9.75. The molecule has 0 saturated carbocycles. The number of aliphatic hydroxyl groups excluding tert-OH is 1. The number of allylic oxidation sites excluding steroid dienone is 11. The first-order valence-corrected chi connectivity index (χ1v) is 25.2. The first kappa shape index (κ1) is 58.4. The van der Waals surface area contributed by atoms with E-state index < -0.39 is 32.5 Å². The van der Waals surface area contributed by atoms with Gasteiger partial charge in [0.05, 0.1) is 33.9 Å². The zero-order chi connectivity index (χ0) is 45.1. The fourth-order valence-corrected chi connectivity index (χ4v) is 6.77. The molecule has 0 aliphatic rings. The SMILES string of the molecule is CCCCC/C=C\C/C=C\CCCCCCCCCCCC(=O)OC[C@H](COP(=O)([O-])OCC[N+](C)(C)C)OC(=O)CCC/C=C\C/C=C\C/C=C\C/C=C\CC(O)CCC. The van der Waals surface area contributed by atoms with Gasteiger partial charge >= 0.3 is 11.9 Å². The lowest BCUT2D eigenvalue weighted by Crippen LogP contribution is -2.37. The van der Waals surface area contributed by atoms with Gasteiger partial charge in [-0.1, -0.05) is 151 Å². The van der Waals surface area contributed by atoms with Crippen LogP contribution in [0.5, 0.6) is 0 Å². The molecule has 0 amide bonds. The van der Waals surface area contributed by atoms with Crippen LogP contribution in [-0.4, -0.2) is 81.2 Å². The Morgan fingerprint density at radius 1 is 0.590 bits per heavy atom. The fraction of sp³-hybridized carbons (Fsp3) is 0.720. The predicted molar refractivity (Wildman–Crippen MR) is 251 cm³/mol. The minimum Gasteiger partial charge on any atom is -0.756 e. The van der Waals surface area contributed by atoms with Crippen LogP contribution >= 0.6 is 7.82 Å². The molecule has 0 radical (unpaired) electrons. The number of nitrogens with zero attached hydrogens (tertiary/aromatic N) is 1. The van der Waals surface area contributed by atoms with Gasteiger partial charge in [0.15, 0.2) is 6.10 Å². The Morgan fingerprint density at radius 3 is 1.61 bits per heavy atom. The number of hydrogen-bond acceptors (Lipinski definition) is 9. The summed E-state index contributed by atoms with van der Waals surface area (Å²) < 4.78 is 33.9. The summed E-state index contributed by atoms with van der Waals surface area (Å²) >= 11 is 0. The minimum atomic E-state index is -4.66. The Bertz CT molecular complexity index is 1280. The largest absolute Gasteiger partial charge is 0.756 e. The first-order chi connectivity index (χ1) is 29.4. The second-order valence-corrected chi connectivity index (χ2v) is 18.4. The maximum absolute atomic E-state index is 12.7. The van der Waals surface area contributed by atoms with Gasteiger partial charge in [-0.25, -0.2) is 0 Å². The highest BCUT2D eigenvalue weighted by Gasteiger charge is 2.21. The molecule has 0 aliphatic carbocycles. The van der Waals surface area contributed by atoms with E-state index in [1.165, 1.54) is 57.8 Å². The molecule has 352 valence electrons. The highest BCUT2D eigenvalue weighted by atomic mass is 31.2. The maximum Gasteiger partial charge on any atom is 0.306 e. The number of carbonyl (C=O) groups excluding carboxylic acids is 2. The molecule has 0 aliphatic heterocycles. The van der Waals surface area contributed by atoms with E-state index in [1.807, 2.05) is 39.4 Å². The van der Waals surface area contributed by atoms with Gasteiger partial charge in [0.25, 0.3) is 7.82 Å². The highest BCUT2D eigenvalue weighted by Crippen LogP contribution is 2.38. The average Bonchev–Trinajstić information content (AvgIpc) is 3.20. The number of ether oxygens (including phenoxy) is 2. The molecule has 0 bridgehead atoms. The molecule has 61 heavy (non-hydrogen) atoms. The summed E-state index contributed by atoms with van der Waals surface area (Å²) in [6.45, 7) is 3.91. The lowest BCUT2D eigenvalue weighted by Gasteiger charge is -2.28. The van der Waals surface area contributed by atoms with Crippen molar-refractivity contribution in [2.45, 2.75) is 187 Å². The van der Waals surface area contributed by atoms with Gasteiger partial charge in [-0.05, 0) is 83.5 Å². The van der Waals surface area contributed by atoms with Crippen LogP contribution in [0.3, 0.4) is 0 Å². The van der Waals surface area contributed by atoms with Crippen molar-refractivity contribution in [3.8, 4) is 0 Å². The maximum atomic E-state index is 12.7. The molecule has 0 aromatic carbocycles. The van der Waals surface area contributed by atoms with Crippen molar-refractivity contribution >= 4 is 19.8 Å². The number of aliphatic hydroxyl groups is 1. The van der Waals surface area contributed by atoms with Crippen molar-refractivity contribution in [2.24, 2.45) is 0 Å². The zero-order valence-electron chi connectivity index (χ0n) is 39.2. The Morgan fingerprint density at radius 2 is 1.07 bits per heavy atom. The standard InChI is InChI=1S/C50H88NO9P/c1-6-8-9-10-11-12-13-14-15-16-17-18-19-22-25-28-31-34-37-41-49(53)57-45-48(46-59-61(55,56)58-44-43-51(3,4)5)60-50(54)42-38-35-32-29-26-23-20-21-24-27-30-33-36-40-47(52)39-7-2/h11-12,14-15,20,23-24,27,29,32-33,36,47-48,52H,6-10,13,16-19,21-22,25-26,28,30-31,34-35,37-46H2,1-5H3/b12-11-,15-14-,23-20-,27-24-,32-29-,36-33-/t47?,48-/m1/s1. The Hall–Kier alpha value is -2.59.